The summed E-state index contributed by atoms with van der Waals surface area (Å²) in [5.41, 5.74) is 1.07. The van der Waals surface area contributed by atoms with Crippen LogP contribution in [0.3, 0.4) is 0 Å². The zero-order valence-electron chi connectivity index (χ0n) is 12.9. The van der Waals surface area contributed by atoms with Crippen molar-refractivity contribution in [1.82, 2.24) is 4.90 Å². The number of amidine groups is 1. The summed E-state index contributed by atoms with van der Waals surface area (Å²) in [7, 11) is -3.79. The van der Waals surface area contributed by atoms with E-state index in [0.29, 0.717) is 13.0 Å². The minimum atomic E-state index is -3.79. The number of aryl methyl sites for hydroxylation is 1. The van der Waals surface area contributed by atoms with Crippen LogP contribution in [-0.2, 0) is 21.2 Å². The highest BCUT2D eigenvalue weighted by Gasteiger charge is 2.37. The number of benzene rings is 1. The molecule has 0 saturated carbocycles. The monoisotopic (exact) mass is 340 g/mol. The molecule has 1 unspecified atom stereocenters. The van der Waals surface area contributed by atoms with E-state index in [9.17, 15) is 13.2 Å². The zero-order valence-corrected chi connectivity index (χ0v) is 14.6. The summed E-state index contributed by atoms with van der Waals surface area (Å²) >= 11 is 1.23. The summed E-state index contributed by atoms with van der Waals surface area (Å²) in [4.78, 5) is 13.7. The highest BCUT2D eigenvalue weighted by Crippen LogP contribution is 2.30. The summed E-state index contributed by atoms with van der Waals surface area (Å²) in [5.74, 6) is -0.0646. The molecule has 22 heavy (non-hydrogen) atoms. The van der Waals surface area contributed by atoms with Crippen LogP contribution in [0.1, 0.15) is 32.8 Å². The molecule has 1 aliphatic heterocycles. The van der Waals surface area contributed by atoms with Crippen molar-refractivity contribution in [2.75, 3.05) is 6.54 Å². The summed E-state index contributed by atoms with van der Waals surface area (Å²) in [6, 6.07) is 6.69. The first-order chi connectivity index (χ1) is 10.4. The second kappa shape index (κ2) is 6.83. The number of sulfonamides is 1. The maximum atomic E-state index is 12.4. The van der Waals surface area contributed by atoms with E-state index < -0.39 is 10.0 Å². The standard InChI is InChI=1S/C15H20N2O3S2/c1-4-11-7-9-12(10-8-11)22(19,20)16-15-17(6-3)14(18)13(5-2)21-15/h7-10,13H,4-6H2,1-3H3/b16-15+. The third-order valence-electron chi connectivity index (χ3n) is 3.53. The van der Waals surface area contributed by atoms with Crippen LogP contribution >= 0.6 is 11.8 Å². The van der Waals surface area contributed by atoms with Crippen molar-refractivity contribution in [2.45, 2.75) is 43.8 Å². The second-order valence-electron chi connectivity index (χ2n) is 4.94. The number of thioether (sulfide) groups is 1. The van der Waals surface area contributed by atoms with Crippen LogP contribution in [0.5, 0.6) is 0 Å². The number of carbonyl (C=O) groups excluding carboxylic acids is 1. The molecule has 1 fully saturated rings. The molecule has 1 aliphatic rings. The molecule has 7 heteroatoms. The van der Waals surface area contributed by atoms with Crippen LogP contribution in [-0.4, -0.2) is 36.2 Å². The molecular formula is C15H20N2O3S2. The van der Waals surface area contributed by atoms with Crippen molar-refractivity contribution in [2.24, 2.45) is 4.40 Å². The van der Waals surface area contributed by atoms with Crippen molar-refractivity contribution in [1.29, 1.82) is 0 Å². The lowest BCUT2D eigenvalue weighted by Gasteiger charge is -2.12. The number of carbonyl (C=O) groups is 1. The fourth-order valence-electron chi connectivity index (χ4n) is 2.18. The first-order valence-electron chi connectivity index (χ1n) is 7.34. The average Bonchev–Trinajstić information content (AvgIpc) is 2.81. The predicted octanol–water partition coefficient (Wildman–Crippen LogP) is 2.67. The second-order valence-corrected chi connectivity index (χ2v) is 7.72. The van der Waals surface area contributed by atoms with Crippen molar-refractivity contribution >= 4 is 32.9 Å². The minimum absolute atomic E-state index is 0.0646. The Morgan fingerprint density at radius 3 is 2.32 bits per heavy atom. The van der Waals surface area contributed by atoms with Gasteiger partial charge >= 0.3 is 0 Å². The van der Waals surface area contributed by atoms with E-state index in [4.69, 9.17) is 0 Å². The van der Waals surface area contributed by atoms with Gasteiger partial charge in [-0.05, 0) is 37.5 Å². The fourth-order valence-corrected chi connectivity index (χ4v) is 4.53. The smallest absolute Gasteiger partial charge is 0.284 e. The van der Waals surface area contributed by atoms with E-state index in [1.54, 1.807) is 24.3 Å². The molecule has 0 aliphatic carbocycles. The van der Waals surface area contributed by atoms with Gasteiger partial charge in [0.05, 0.1) is 10.1 Å². The Bertz CT molecular complexity index is 681. The van der Waals surface area contributed by atoms with Crippen LogP contribution in [0.2, 0.25) is 0 Å². The third-order valence-corrected chi connectivity index (χ3v) is 6.27. The number of hydrogen-bond acceptors (Lipinski definition) is 4. The molecule has 1 saturated heterocycles. The number of amides is 1. The van der Waals surface area contributed by atoms with Gasteiger partial charge in [-0.3, -0.25) is 9.69 Å². The summed E-state index contributed by atoms with van der Waals surface area (Å²) in [5, 5.41) is 0.0373. The average molecular weight is 340 g/mol. The van der Waals surface area contributed by atoms with Gasteiger partial charge in [-0.15, -0.1) is 4.40 Å². The first-order valence-corrected chi connectivity index (χ1v) is 9.66. The molecule has 0 radical (unpaired) electrons. The molecule has 1 amide bonds. The van der Waals surface area contributed by atoms with Gasteiger partial charge in [0.25, 0.3) is 10.0 Å². The Balaban J connectivity index is 2.35. The van der Waals surface area contributed by atoms with E-state index in [1.807, 2.05) is 20.8 Å². The van der Waals surface area contributed by atoms with Crippen molar-refractivity contribution in [3.63, 3.8) is 0 Å². The molecule has 2 rings (SSSR count). The fraction of sp³-hybridized carbons (Fsp3) is 0.467. The highest BCUT2D eigenvalue weighted by atomic mass is 32.2. The maximum Gasteiger partial charge on any atom is 0.284 e. The maximum absolute atomic E-state index is 12.4. The first kappa shape index (κ1) is 17.0. The van der Waals surface area contributed by atoms with E-state index in [1.165, 1.54) is 16.7 Å². The zero-order chi connectivity index (χ0) is 16.3. The lowest BCUT2D eigenvalue weighted by atomic mass is 10.2. The number of hydrogen-bond donors (Lipinski definition) is 0. The quantitative estimate of drug-likeness (QED) is 0.826. The predicted molar refractivity (Wildman–Crippen MR) is 89.5 cm³/mol. The van der Waals surface area contributed by atoms with Gasteiger partial charge in [0.1, 0.15) is 0 Å². The van der Waals surface area contributed by atoms with Crippen LogP contribution in [0.25, 0.3) is 0 Å². The van der Waals surface area contributed by atoms with E-state index >= 15 is 0 Å². The van der Waals surface area contributed by atoms with Crippen LogP contribution in [0, 0.1) is 0 Å². The van der Waals surface area contributed by atoms with E-state index in [2.05, 4.69) is 4.40 Å². The van der Waals surface area contributed by atoms with Crippen LogP contribution in [0.4, 0.5) is 0 Å². The van der Waals surface area contributed by atoms with Crippen molar-refractivity contribution < 1.29 is 13.2 Å². The third kappa shape index (κ3) is 3.35. The van der Waals surface area contributed by atoms with Crippen molar-refractivity contribution in [3.05, 3.63) is 29.8 Å². The Kier molecular flexibility index (Phi) is 5.28. The van der Waals surface area contributed by atoms with E-state index in [-0.39, 0.29) is 21.2 Å². The largest absolute Gasteiger partial charge is 0.290 e. The molecule has 1 atom stereocenters. The minimum Gasteiger partial charge on any atom is -0.290 e. The highest BCUT2D eigenvalue weighted by molar-refractivity contribution is 8.16. The lowest BCUT2D eigenvalue weighted by molar-refractivity contribution is -0.126. The van der Waals surface area contributed by atoms with Gasteiger partial charge < -0.3 is 0 Å². The van der Waals surface area contributed by atoms with Gasteiger partial charge in [0.2, 0.25) is 5.91 Å². The summed E-state index contributed by atoms with van der Waals surface area (Å²) < 4.78 is 28.7. The van der Waals surface area contributed by atoms with Gasteiger partial charge in [0, 0.05) is 6.54 Å². The van der Waals surface area contributed by atoms with Gasteiger partial charge in [-0.1, -0.05) is 37.7 Å². The van der Waals surface area contributed by atoms with Gasteiger partial charge in [-0.25, -0.2) is 0 Å². The normalized spacial score (nSPS) is 20.9. The molecule has 5 nitrogen and oxygen atoms in total. The Hall–Kier alpha value is -1.34. The number of rotatable bonds is 5. The SMILES string of the molecule is CCc1ccc(S(=O)(=O)/N=C2/SC(CC)C(=O)N2CC)cc1. The molecular weight excluding hydrogens is 320 g/mol. The molecule has 120 valence electrons. The topological polar surface area (TPSA) is 66.8 Å². The van der Waals surface area contributed by atoms with Crippen molar-refractivity contribution in [3.8, 4) is 0 Å². The Morgan fingerprint density at radius 2 is 1.82 bits per heavy atom. The molecule has 0 N–H and O–H groups in total. The molecule has 1 aromatic carbocycles. The number of nitrogens with zero attached hydrogens (tertiary/aromatic N) is 2. The summed E-state index contributed by atoms with van der Waals surface area (Å²) in [6.07, 6.45) is 1.51. The summed E-state index contributed by atoms with van der Waals surface area (Å²) in [6.45, 7) is 6.15. The molecule has 1 aromatic rings. The lowest BCUT2D eigenvalue weighted by Crippen LogP contribution is -2.32. The molecule has 0 bridgehead atoms. The molecule has 1 heterocycles. The Morgan fingerprint density at radius 1 is 1.18 bits per heavy atom. The van der Waals surface area contributed by atoms with Gasteiger partial charge in [0.15, 0.2) is 5.17 Å². The molecule has 0 spiro atoms. The molecule has 0 aromatic heterocycles. The van der Waals surface area contributed by atoms with E-state index in [0.717, 1.165) is 12.0 Å². The Labute approximate surface area is 135 Å². The van der Waals surface area contributed by atoms with Gasteiger partial charge in [-0.2, -0.15) is 8.42 Å². The van der Waals surface area contributed by atoms with Crippen LogP contribution < -0.4 is 0 Å². The van der Waals surface area contributed by atoms with Crippen LogP contribution in [0.15, 0.2) is 33.6 Å².